The lowest BCUT2D eigenvalue weighted by Gasteiger charge is -2.33. The van der Waals surface area contributed by atoms with Crippen LogP contribution in [0, 0.1) is 6.92 Å². The van der Waals surface area contributed by atoms with Gasteiger partial charge in [0.05, 0.1) is 18.2 Å². The first-order valence-electron chi connectivity index (χ1n) is 9.80. The third-order valence-corrected chi connectivity index (χ3v) is 5.08. The predicted molar refractivity (Wildman–Crippen MR) is 111 cm³/mol. The van der Waals surface area contributed by atoms with Crippen molar-refractivity contribution in [3.05, 3.63) is 65.5 Å². The van der Waals surface area contributed by atoms with Gasteiger partial charge in [-0.25, -0.2) is 0 Å². The van der Waals surface area contributed by atoms with E-state index < -0.39 is 0 Å². The molecule has 1 atom stereocenters. The van der Waals surface area contributed by atoms with E-state index in [1.165, 1.54) is 0 Å². The van der Waals surface area contributed by atoms with Crippen LogP contribution in [0.15, 0.2) is 48.5 Å². The Kier molecular flexibility index (Phi) is 5.31. The van der Waals surface area contributed by atoms with E-state index in [0.29, 0.717) is 37.6 Å². The standard InChI is InChI=1S/C22H25N5O2/c1-15-8-9-19(29-11-10-23)18(12-15)22(28)26-13-16(2)27-20(14-26)24-25-21(27)17-6-4-3-5-7-17/h3-9,12,16H,10-11,13-14,23H2,1-2H3/t16-/m0/s1. The number of fused-ring (bicyclic) bond motifs is 1. The molecule has 0 fully saturated rings. The van der Waals surface area contributed by atoms with Gasteiger partial charge in [0.25, 0.3) is 5.91 Å². The van der Waals surface area contributed by atoms with Crippen LogP contribution < -0.4 is 10.5 Å². The smallest absolute Gasteiger partial charge is 0.258 e. The summed E-state index contributed by atoms with van der Waals surface area (Å²) in [6.07, 6.45) is 0. The van der Waals surface area contributed by atoms with Crippen LogP contribution in [-0.2, 0) is 6.54 Å². The number of nitrogens with zero attached hydrogens (tertiary/aromatic N) is 4. The number of rotatable bonds is 5. The molecule has 2 aromatic carbocycles. The second-order valence-electron chi connectivity index (χ2n) is 7.35. The van der Waals surface area contributed by atoms with Gasteiger partial charge >= 0.3 is 0 Å². The first-order chi connectivity index (χ1) is 14.1. The fourth-order valence-electron chi connectivity index (χ4n) is 3.75. The van der Waals surface area contributed by atoms with Crippen LogP contribution >= 0.6 is 0 Å². The fraction of sp³-hybridized carbons (Fsp3) is 0.318. The van der Waals surface area contributed by atoms with Gasteiger partial charge in [-0.2, -0.15) is 0 Å². The zero-order chi connectivity index (χ0) is 20.4. The minimum Gasteiger partial charge on any atom is -0.491 e. The van der Waals surface area contributed by atoms with Gasteiger partial charge in [0, 0.05) is 18.7 Å². The summed E-state index contributed by atoms with van der Waals surface area (Å²) >= 11 is 0. The average Bonchev–Trinajstić information content (AvgIpc) is 3.17. The molecule has 0 spiro atoms. The minimum absolute atomic E-state index is 0.0612. The number of nitrogens with two attached hydrogens (primary N) is 1. The van der Waals surface area contributed by atoms with E-state index in [0.717, 1.165) is 22.8 Å². The number of amides is 1. The highest BCUT2D eigenvalue weighted by molar-refractivity contribution is 5.97. The molecule has 1 aromatic heterocycles. The molecule has 0 aliphatic carbocycles. The van der Waals surface area contributed by atoms with Gasteiger partial charge in [0.15, 0.2) is 11.6 Å². The molecule has 2 N–H and O–H groups in total. The molecule has 0 saturated carbocycles. The van der Waals surface area contributed by atoms with Gasteiger partial charge in [0.2, 0.25) is 0 Å². The Morgan fingerprint density at radius 1 is 1.21 bits per heavy atom. The van der Waals surface area contributed by atoms with Crippen LogP contribution in [0.5, 0.6) is 5.75 Å². The minimum atomic E-state index is -0.0666. The molecule has 150 valence electrons. The third kappa shape index (κ3) is 3.73. The van der Waals surface area contributed by atoms with Crippen LogP contribution in [-0.4, -0.2) is 45.3 Å². The Hall–Kier alpha value is -3.19. The van der Waals surface area contributed by atoms with Gasteiger partial charge in [-0.05, 0) is 26.0 Å². The number of carbonyl (C=O) groups excluding carboxylic acids is 1. The van der Waals surface area contributed by atoms with Crippen molar-refractivity contribution in [2.45, 2.75) is 26.4 Å². The Balaban J connectivity index is 1.63. The van der Waals surface area contributed by atoms with E-state index in [1.807, 2.05) is 60.4 Å². The molecular weight excluding hydrogens is 366 g/mol. The maximum absolute atomic E-state index is 13.3. The third-order valence-electron chi connectivity index (χ3n) is 5.08. The Morgan fingerprint density at radius 3 is 2.76 bits per heavy atom. The zero-order valence-corrected chi connectivity index (χ0v) is 16.7. The van der Waals surface area contributed by atoms with Gasteiger partial charge in [-0.1, -0.05) is 42.0 Å². The van der Waals surface area contributed by atoms with E-state index in [9.17, 15) is 4.79 Å². The summed E-state index contributed by atoms with van der Waals surface area (Å²) in [6.45, 7) is 5.80. The summed E-state index contributed by atoms with van der Waals surface area (Å²) < 4.78 is 7.83. The topological polar surface area (TPSA) is 86.3 Å². The molecule has 4 rings (SSSR count). The summed E-state index contributed by atoms with van der Waals surface area (Å²) in [5, 5.41) is 8.76. The molecule has 1 aliphatic heterocycles. The van der Waals surface area contributed by atoms with E-state index in [4.69, 9.17) is 10.5 Å². The van der Waals surface area contributed by atoms with Gasteiger partial charge < -0.3 is 19.9 Å². The molecule has 0 bridgehead atoms. The summed E-state index contributed by atoms with van der Waals surface area (Å²) in [7, 11) is 0. The van der Waals surface area contributed by atoms with Crippen molar-refractivity contribution < 1.29 is 9.53 Å². The SMILES string of the molecule is Cc1ccc(OCCN)c(C(=O)N2Cc3nnc(-c4ccccc4)n3[C@@H](C)C2)c1. The van der Waals surface area contributed by atoms with Gasteiger partial charge in [-0.3, -0.25) is 4.79 Å². The number of ether oxygens (including phenoxy) is 1. The second-order valence-corrected chi connectivity index (χ2v) is 7.35. The average molecular weight is 391 g/mol. The molecule has 1 amide bonds. The lowest BCUT2D eigenvalue weighted by molar-refractivity contribution is 0.0677. The van der Waals surface area contributed by atoms with E-state index in [1.54, 1.807) is 0 Å². The van der Waals surface area contributed by atoms with Gasteiger partial charge in [0.1, 0.15) is 12.4 Å². The lowest BCUT2D eigenvalue weighted by atomic mass is 10.1. The number of aryl methyl sites for hydroxylation is 1. The van der Waals surface area contributed by atoms with E-state index >= 15 is 0 Å². The largest absolute Gasteiger partial charge is 0.491 e. The second kappa shape index (κ2) is 8.05. The monoisotopic (exact) mass is 391 g/mol. The van der Waals surface area contributed by atoms with Crippen molar-refractivity contribution >= 4 is 5.91 Å². The number of hydrogen-bond acceptors (Lipinski definition) is 5. The zero-order valence-electron chi connectivity index (χ0n) is 16.7. The molecule has 0 radical (unpaired) electrons. The Bertz CT molecular complexity index is 1020. The first-order valence-corrected chi connectivity index (χ1v) is 9.80. The molecule has 1 aliphatic rings. The van der Waals surface area contributed by atoms with Crippen molar-refractivity contribution in [1.29, 1.82) is 0 Å². The number of hydrogen-bond donors (Lipinski definition) is 1. The molecule has 3 aromatic rings. The molecule has 7 heteroatoms. The quantitative estimate of drug-likeness (QED) is 0.723. The van der Waals surface area contributed by atoms with Crippen molar-refractivity contribution in [2.75, 3.05) is 19.7 Å². The summed E-state index contributed by atoms with van der Waals surface area (Å²) in [5.41, 5.74) is 8.15. The van der Waals surface area contributed by atoms with Crippen LogP contribution in [0.1, 0.15) is 34.7 Å². The highest BCUT2D eigenvalue weighted by atomic mass is 16.5. The maximum atomic E-state index is 13.3. The Labute approximate surface area is 170 Å². The summed E-state index contributed by atoms with van der Waals surface area (Å²) in [5.74, 6) is 2.12. The predicted octanol–water partition coefficient (Wildman–Crippen LogP) is 2.81. The lowest BCUT2D eigenvalue weighted by Crippen LogP contribution is -2.40. The molecule has 7 nitrogen and oxygen atoms in total. The van der Waals surface area contributed by atoms with Gasteiger partial charge in [-0.15, -0.1) is 10.2 Å². The van der Waals surface area contributed by atoms with Crippen LogP contribution in [0.4, 0.5) is 0 Å². The summed E-state index contributed by atoms with van der Waals surface area (Å²) in [4.78, 5) is 15.1. The molecular formula is C22H25N5O2. The number of aromatic nitrogens is 3. The highest BCUT2D eigenvalue weighted by Gasteiger charge is 2.31. The molecule has 29 heavy (non-hydrogen) atoms. The van der Waals surface area contributed by atoms with Crippen LogP contribution in [0.25, 0.3) is 11.4 Å². The van der Waals surface area contributed by atoms with Crippen molar-refractivity contribution in [2.24, 2.45) is 5.73 Å². The fourth-order valence-corrected chi connectivity index (χ4v) is 3.75. The maximum Gasteiger partial charge on any atom is 0.258 e. The number of benzene rings is 2. The first kappa shape index (κ1) is 19.1. The van der Waals surface area contributed by atoms with Crippen LogP contribution in [0.2, 0.25) is 0 Å². The van der Waals surface area contributed by atoms with Crippen molar-refractivity contribution in [3.63, 3.8) is 0 Å². The van der Waals surface area contributed by atoms with Crippen molar-refractivity contribution in [3.8, 4) is 17.1 Å². The number of carbonyl (C=O) groups is 1. The molecule has 2 heterocycles. The van der Waals surface area contributed by atoms with Crippen LogP contribution in [0.3, 0.4) is 0 Å². The van der Waals surface area contributed by atoms with E-state index in [-0.39, 0.29) is 11.9 Å². The van der Waals surface area contributed by atoms with E-state index in [2.05, 4.69) is 21.7 Å². The highest BCUT2D eigenvalue weighted by Crippen LogP contribution is 2.30. The molecule has 0 saturated heterocycles. The Morgan fingerprint density at radius 2 is 2.00 bits per heavy atom. The van der Waals surface area contributed by atoms with Crippen molar-refractivity contribution in [1.82, 2.24) is 19.7 Å². The normalized spacial score (nSPS) is 15.8. The summed E-state index contributed by atoms with van der Waals surface area (Å²) in [6, 6.07) is 15.7. The molecule has 0 unspecified atom stereocenters.